The van der Waals surface area contributed by atoms with Crippen molar-refractivity contribution in [1.82, 2.24) is 4.31 Å². The lowest BCUT2D eigenvalue weighted by molar-refractivity contribution is 0.0697. The van der Waals surface area contributed by atoms with E-state index in [0.717, 1.165) is 6.42 Å². The minimum atomic E-state index is -3.73. The predicted octanol–water partition coefficient (Wildman–Crippen LogP) is 2.09. The van der Waals surface area contributed by atoms with E-state index in [2.05, 4.69) is 0 Å². The highest BCUT2D eigenvalue weighted by molar-refractivity contribution is 7.89. The lowest BCUT2D eigenvalue weighted by Gasteiger charge is -2.30. The third-order valence-electron chi connectivity index (χ3n) is 2.70. The minimum absolute atomic E-state index is 0.0879. The maximum absolute atomic E-state index is 12.1. The number of benzene rings is 1. The number of carbonyl (C=O) groups is 1. The van der Waals surface area contributed by atoms with Crippen molar-refractivity contribution in [2.75, 3.05) is 13.1 Å². The number of hydrogen-bond donors (Lipinski definition) is 1. The van der Waals surface area contributed by atoms with Gasteiger partial charge in [0.25, 0.3) is 0 Å². The maximum Gasteiger partial charge on any atom is 0.338 e. The van der Waals surface area contributed by atoms with Crippen molar-refractivity contribution < 1.29 is 18.3 Å². The Balaban J connectivity index is 2.59. The fourth-order valence-electron chi connectivity index (χ4n) is 1.60. The van der Waals surface area contributed by atoms with E-state index >= 15 is 0 Å². The molecule has 0 unspecified atom stereocenters. The van der Waals surface area contributed by atoms with E-state index in [0.29, 0.717) is 13.1 Å². The van der Waals surface area contributed by atoms with E-state index in [1.807, 2.05) is 0 Å². The molecule has 0 aromatic heterocycles. The van der Waals surface area contributed by atoms with Crippen molar-refractivity contribution in [2.24, 2.45) is 0 Å². The molecule has 0 atom stereocenters. The van der Waals surface area contributed by atoms with Crippen LogP contribution in [0.2, 0.25) is 10.0 Å². The quantitative estimate of drug-likeness (QED) is 0.927. The molecule has 1 heterocycles. The molecule has 0 spiro atoms. The van der Waals surface area contributed by atoms with Crippen molar-refractivity contribution >= 4 is 39.2 Å². The molecule has 1 N–H and O–H groups in total. The summed E-state index contributed by atoms with van der Waals surface area (Å²) in [6, 6.07) is 2.45. The molecular formula is C10H9Cl2NO4S. The molecule has 1 aromatic carbocycles. The van der Waals surface area contributed by atoms with E-state index in [1.165, 1.54) is 16.4 Å². The highest BCUT2D eigenvalue weighted by Gasteiger charge is 2.33. The zero-order chi connectivity index (χ0) is 13.5. The molecule has 8 heteroatoms. The number of carboxylic acid groups (broad SMARTS) is 1. The first-order valence-electron chi connectivity index (χ1n) is 5.07. The van der Waals surface area contributed by atoms with Crippen LogP contribution in [0.4, 0.5) is 0 Å². The van der Waals surface area contributed by atoms with Crippen LogP contribution < -0.4 is 0 Å². The zero-order valence-electron chi connectivity index (χ0n) is 9.06. The van der Waals surface area contributed by atoms with E-state index < -0.39 is 16.0 Å². The molecule has 0 saturated carbocycles. The van der Waals surface area contributed by atoms with Crippen molar-refractivity contribution in [3.05, 3.63) is 27.7 Å². The molecule has 1 aliphatic rings. The Labute approximate surface area is 114 Å². The Morgan fingerprint density at radius 3 is 2.33 bits per heavy atom. The van der Waals surface area contributed by atoms with Gasteiger partial charge in [-0.3, -0.25) is 0 Å². The molecule has 1 saturated heterocycles. The summed E-state index contributed by atoms with van der Waals surface area (Å²) in [5, 5.41) is 8.54. The van der Waals surface area contributed by atoms with Gasteiger partial charge in [-0.1, -0.05) is 23.2 Å². The summed E-state index contributed by atoms with van der Waals surface area (Å²) in [5.74, 6) is -1.36. The SMILES string of the molecule is O=C(O)c1c(Cl)ccc(S(=O)(=O)N2CCC2)c1Cl. The molecule has 1 aliphatic heterocycles. The molecule has 1 aromatic rings. The number of aromatic carboxylic acids is 1. The van der Waals surface area contributed by atoms with Gasteiger partial charge in [0.1, 0.15) is 4.90 Å². The fourth-order valence-corrected chi connectivity index (χ4v) is 4.01. The number of nitrogens with zero attached hydrogens (tertiary/aromatic N) is 1. The highest BCUT2D eigenvalue weighted by Crippen LogP contribution is 2.33. The van der Waals surface area contributed by atoms with Crippen LogP contribution in [-0.4, -0.2) is 36.9 Å². The first kappa shape index (κ1) is 13.6. The summed E-state index contributed by atoms with van der Waals surface area (Å²) in [6.07, 6.45) is 0.788. The second-order valence-corrected chi connectivity index (χ2v) is 6.49. The number of rotatable bonds is 3. The smallest absolute Gasteiger partial charge is 0.338 e. The van der Waals surface area contributed by atoms with Crippen LogP contribution in [0, 0.1) is 0 Å². The molecular weight excluding hydrogens is 301 g/mol. The van der Waals surface area contributed by atoms with Crippen LogP contribution >= 0.6 is 23.2 Å². The molecule has 98 valence electrons. The lowest BCUT2D eigenvalue weighted by atomic mass is 10.2. The Kier molecular flexibility index (Phi) is 3.55. The Hall–Kier alpha value is -0.820. The molecule has 5 nitrogen and oxygen atoms in total. The molecule has 0 radical (unpaired) electrons. The summed E-state index contributed by atoms with van der Waals surface area (Å²) in [5.41, 5.74) is -0.389. The van der Waals surface area contributed by atoms with E-state index in [1.54, 1.807) is 0 Å². The fraction of sp³-hybridized carbons (Fsp3) is 0.300. The summed E-state index contributed by atoms with van der Waals surface area (Å²) < 4.78 is 25.5. The van der Waals surface area contributed by atoms with Crippen LogP contribution in [0.3, 0.4) is 0 Å². The number of hydrogen-bond acceptors (Lipinski definition) is 3. The van der Waals surface area contributed by atoms with Crippen molar-refractivity contribution in [1.29, 1.82) is 0 Å². The summed E-state index contributed by atoms with van der Waals surface area (Å²) in [6.45, 7) is 0.841. The molecule has 0 aliphatic carbocycles. The standard InChI is InChI=1S/C10H9Cl2NO4S/c11-6-2-3-7(9(12)8(6)10(14)15)18(16,17)13-4-1-5-13/h2-3H,1,4-5H2,(H,14,15). The van der Waals surface area contributed by atoms with Crippen LogP contribution in [0.25, 0.3) is 0 Å². The molecule has 0 bridgehead atoms. The van der Waals surface area contributed by atoms with Crippen LogP contribution in [0.15, 0.2) is 17.0 Å². The van der Waals surface area contributed by atoms with Crippen LogP contribution in [-0.2, 0) is 10.0 Å². The third-order valence-corrected chi connectivity index (χ3v) is 5.46. The topological polar surface area (TPSA) is 74.7 Å². The van der Waals surface area contributed by atoms with Crippen molar-refractivity contribution in [3.8, 4) is 0 Å². The third kappa shape index (κ3) is 2.09. The highest BCUT2D eigenvalue weighted by atomic mass is 35.5. The summed E-state index contributed by atoms with van der Waals surface area (Å²) >= 11 is 11.5. The molecule has 2 rings (SSSR count). The number of sulfonamides is 1. The van der Waals surface area contributed by atoms with Gasteiger partial charge in [-0.15, -0.1) is 0 Å². The molecule has 0 amide bonds. The van der Waals surface area contributed by atoms with Crippen LogP contribution in [0.1, 0.15) is 16.8 Å². The number of halogens is 2. The monoisotopic (exact) mass is 309 g/mol. The minimum Gasteiger partial charge on any atom is -0.478 e. The Morgan fingerprint density at radius 1 is 1.28 bits per heavy atom. The van der Waals surface area contributed by atoms with E-state index in [-0.39, 0.29) is 20.5 Å². The average Bonchev–Trinajstić information content (AvgIpc) is 2.12. The summed E-state index contributed by atoms with van der Waals surface area (Å²) in [7, 11) is -3.73. The second-order valence-electron chi connectivity index (χ2n) is 3.80. The lowest BCUT2D eigenvalue weighted by Crippen LogP contribution is -2.42. The molecule has 18 heavy (non-hydrogen) atoms. The van der Waals surface area contributed by atoms with Gasteiger partial charge in [0, 0.05) is 13.1 Å². The van der Waals surface area contributed by atoms with E-state index in [4.69, 9.17) is 28.3 Å². The van der Waals surface area contributed by atoms with Gasteiger partial charge in [0.15, 0.2) is 0 Å². The Bertz CT molecular complexity index is 611. The predicted molar refractivity (Wildman–Crippen MR) is 66.8 cm³/mol. The van der Waals surface area contributed by atoms with Gasteiger partial charge in [0.05, 0.1) is 15.6 Å². The number of carboxylic acids is 1. The first-order chi connectivity index (χ1) is 8.35. The largest absolute Gasteiger partial charge is 0.478 e. The normalized spacial score (nSPS) is 16.3. The second kappa shape index (κ2) is 4.70. The van der Waals surface area contributed by atoms with Gasteiger partial charge < -0.3 is 5.11 Å². The van der Waals surface area contributed by atoms with Crippen molar-refractivity contribution in [2.45, 2.75) is 11.3 Å². The molecule has 1 fully saturated rings. The Morgan fingerprint density at radius 2 is 1.89 bits per heavy atom. The van der Waals surface area contributed by atoms with Gasteiger partial charge >= 0.3 is 5.97 Å². The average molecular weight is 310 g/mol. The van der Waals surface area contributed by atoms with Gasteiger partial charge in [0.2, 0.25) is 10.0 Å². The zero-order valence-corrected chi connectivity index (χ0v) is 11.4. The maximum atomic E-state index is 12.1. The summed E-state index contributed by atoms with van der Waals surface area (Å²) in [4.78, 5) is 10.8. The van der Waals surface area contributed by atoms with Gasteiger partial charge in [-0.25, -0.2) is 13.2 Å². The van der Waals surface area contributed by atoms with Crippen LogP contribution in [0.5, 0.6) is 0 Å². The first-order valence-corrected chi connectivity index (χ1v) is 7.26. The van der Waals surface area contributed by atoms with E-state index in [9.17, 15) is 13.2 Å². The van der Waals surface area contributed by atoms with Crippen molar-refractivity contribution in [3.63, 3.8) is 0 Å². The van der Waals surface area contributed by atoms with Gasteiger partial charge in [-0.05, 0) is 18.6 Å². The van der Waals surface area contributed by atoms with Gasteiger partial charge in [-0.2, -0.15) is 4.31 Å².